The van der Waals surface area contributed by atoms with Gasteiger partial charge in [-0.15, -0.1) is 11.3 Å². The van der Waals surface area contributed by atoms with Gasteiger partial charge in [0.1, 0.15) is 0 Å². The number of amides is 1. The molecule has 0 saturated heterocycles. The maximum atomic E-state index is 11.8. The van der Waals surface area contributed by atoms with E-state index in [0.29, 0.717) is 11.6 Å². The van der Waals surface area contributed by atoms with Crippen LogP contribution < -0.4 is 5.73 Å². The zero-order chi connectivity index (χ0) is 10.7. The molecule has 2 rings (SSSR count). The Morgan fingerprint density at radius 1 is 1.60 bits per heavy atom. The number of nitrogen functional groups attached to an aromatic ring is 1. The normalized spacial score (nSPS) is 15.6. The van der Waals surface area contributed by atoms with Crippen molar-refractivity contribution >= 4 is 22.4 Å². The second-order valence-corrected chi connectivity index (χ2v) is 4.34. The molecule has 4 nitrogen and oxygen atoms in total. The molecule has 0 radical (unpaired) electrons. The lowest BCUT2D eigenvalue weighted by Gasteiger charge is -2.22. The van der Waals surface area contributed by atoms with Crippen LogP contribution in [-0.4, -0.2) is 28.9 Å². The summed E-state index contributed by atoms with van der Waals surface area (Å²) in [5, 5.41) is 2.36. The van der Waals surface area contributed by atoms with Crippen molar-refractivity contribution in [1.29, 1.82) is 0 Å². The Labute approximate surface area is 92.4 Å². The molecule has 0 spiro atoms. The summed E-state index contributed by atoms with van der Waals surface area (Å²) in [4.78, 5) is 17.7. The van der Waals surface area contributed by atoms with Gasteiger partial charge in [0.05, 0.1) is 12.1 Å². The molecule has 0 saturated carbocycles. The highest BCUT2D eigenvalue weighted by Crippen LogP contribution is 2.13. The van der Waals surface area contributed by atoms with E-state index in [2.05, 4.69) is 11.1 Å². The number of anilines is 1. The Balaban J connectivity index is 1.94. The van der Waals surface area contributed by atoms with E-state index in [1.165, 1.54) is 11.3 Å². The molecule has 2 N–H and O–H groups in total. The van der Waals surface area contributed by atoms with Crippen molar-refractivity contribution in [3.8, 4) is 0 Å². The van der Waals surface area contributed by atoms with E-state index in [1.807, 2.05) is 16.4 Å². The standard InChI is InChI=1S/C10H13N3OS/c11-10-12-8(7-15-10)6-9(14)13-4-2-1-3-5-13/h1-2,7H,3-6H2,(H2,11,12). The van der Waals surface area contributed by atoms with Gasteiger partial charge < -0.3 is 10.6 Å². The van der Waals surface area contributed by atoms with Gasteiger partial charge in [-0.25, -0.2) is 4.98 Å². The Morgan fingerprint density at radius 3 is 3.07 bits per heavy atom. The van der Waals surface area contributed by atoms with Crippen LogP contribution >= 0.6 is 11.3 Å². The molecular weight excluding hydrogens is 210 g/mol. The van der Waals surface area contributed by atoms with Gasteiger partial charge >= 0.3 is 0 Å². The zero-order valence-corrected chi connectivity index (χ0v) is 9.17. The van der Waals surface area contributed by atoms with E-state index >= 15 is 0 Å². The van der Waals surface area contributed by atoms with Gasteiger partial charge in [0.2, 0.25) is 5.91 Å². The predicted octanol–water partition coefficient (Wildman–Crippen LogP) is 1.06. The van der Waals surface area contributed by atoms with E-state index in [1.54, 1.807) is 0 Å². The number of thiazole rings is 1. The van der Waals surface area contributed by atoms with E-state index in [-0.39, 0.29) is 5.91 Å². The monoisotopic (exact) mass is 223 g/mol. The molecule has 0 atom stereocenters. The molecule has 0 aliphatic carbocycles. The minimum atomic E-state index is 0.129. The van der Waals surface area contributed by atoms with Crippen molar-refractivity contribution in [2.45, 2.75) is 12.8 Å². The summed E-state index contributed by atoms with van der Waals surface area (Å²) in [7, 11) is 0. The van der Waals surface area contributed by atoms with Crippen molar-refractivity contribution in [1.82, 2.24) is 9.88 Å². The molecule has 1 amide bonds. The number of nitrogens with zero attached hydrogens (tertiary/aromatic N) is 2. The van der Waals surface area contributed by atoms with E-state index in [9.17, 15) is 4.79 Å². The average Bonchev–Trinajstić information content (AvgIpc) is 2.65. The molecule has 15 heavy (non-hydrogen) atoms. The highest BCUT2D eigenvalue weighted by molar-refractivity contribution is 7.13. The Morgan fingerprint density at radius 2 is 2.47 bits per heavy atom. The summed E-state index contributed by atoms with van der Waals surface area (Å²) in [6.45, 7) is 1.54. The third kappa shape index (κ3) is 2.56. The molecule has 1 aliphatic rings. The first-order chi connectivity index (χ1) is 7.25. The zero-order valence-electron chi connectivity index (χ0n) is 8.35. The first-order valence-corrected chi connectivity index (χ1v) is 5.76. The van der Waals surface area contributed by atoms with Gasteiger partial charge in [-0.2, -0.15) is 0 Å². The van der Waals surface area contributed by atoms with Gasteiger partial charge in [-0.05, 0) is 6.42 Å². The summed E-state index contributed by atoms with van der Waals surface area (Å²) in [5.41, 5.74) is 6.28. The molecule has 0 aromatic carbocycles. The molecule has 80 valence electrons. The summed E-state index contributed by atoms with van der Waals surface area (Å²) < 4.78 is 0. The highest BCUT2D eigenvalue weighted by Gasteiger charge is 2.15. The van der Waals surface area contributed by atoms with Crippen LogP contribution in [0.15, 0.2) is 17.5 Å². The van der Waals surface area contributed by atoms with E-state index in [0.717, 1.165) is 25.2 Å². The number of nitrogens with two attached hydrogens (primary N) is 1. The maximum Gasteiger partial charge on any atom is 0.228 e. The molecule has 1 aromatic heterocycles. The highest BCUT2D eigenvalue weighted by atomic mass is 32.1. The summed E-state index contributed by atoms with van der Waals surface area (Å²) in [6.07, 6.45) is 5.44. The number of carbonyl (C=O) groups is 1. The van der Waals surface area contributed by atoms with E-state index in [4.69, 9.17) is 5.73 Å². The fourth-order valence-corrected chi connectivity index (χ4v) is 2.10. The topological polar surface area (TPSA) is 59.2 Å². The number of carbonyl (C=O) groups excluding carboxylic acids is 1. The number of rotatable bonds is 2. The van der Waals surface area contributed by atoms with Crippen molar-refractivity contribution in [3.05, 3.63) is 23.2 Å². The van der Waals surface area contributed by atoms with Crippen LogP contribution in [0.5, 0.6) is 0 Å². The van der Waals surface area contributed by atoms with Crippen LogP contribution in [0.4, 0.5) is 5.13 Å². The molecule has 0 unspecified atom stereocenters. The number of hydrogen-bond acceptors (Lipinski definition) is 4. The number of aromatic nitrogens is 1. The first kappa shape index (κ1) is 10.2. The third-order valence-corrected chi connectivity index (χ3v) is 3.04. The smallest absolute Gasteiger partial charge is 0.228 e. The van der Waals surface area contributed by atoms with Crippen molar-refractivity contribution in [2.24, 2.45) is 0 Å². The fourth-order valence-electron chi connectivity index (χ4n) is 1.54. The SMILES string of the molecule is Nc1nc(CC(=O)N2CC=CCC2)cs1. The molecule has 1 aliphatic heterocycles. The number of hydrogen-bond donors (Lipinski definition) is 1. The van der Waals surface area contributed by atoms with Crippen LogP contribution in [0.25, 0.3) is 0 Å². The molecule has 5 heteroatoms. The molecule has 1 aromatic rings. The average molecular weight is 223 g/mol. The van der Waals surface area contributed by atoms with Crippen LogP contribution in [-0.2, 0) is 11.2 Å². The Bertz CT molecular complexity index is 386. The second-order valence-electron chi connectivity index (χ2n) is 3.45. The maximum absolute atomic E-state index is 11.8. The lowest BCUT2D eigenvalue weighted by molar-refractivity contribution is -0.130. The van der Waals surface area contributed by atoms with Crippen molar-refractivity contribution < 1.29 is 4.79 Å². The first-order valence-electron chi connectivity index (χ1n) is 4.88. The molecule has 0 bridgehead atoms. The van der Waals surface area contributed by atoms with E-state index < -0.39 is 0 Å². The minimum absolute atomic E-state index is 0.129. The van der Waals surface area contributed by atoms with Gasteiger partial charge in [-0.1, -0.05) is 12.2 Å². The van der Waals surface area contributed by atoms with Crippen LogP contribution in [0.3, 0.4) is 0 Å². The lowest BCUT2D eigenvalue weighted by atomic mass is 10.2. The van der Waals surface area contributed by atoms with Crippen LogP contribution in [0.2, 0.25) is 0 Å². The van der Waals surface area contributed by atoms with Crippen molar-refractivity contribution in [2.75, 3.05) is 18.8 Å². The summed E-state index contributed by atoms with van der Waals surface area (Å²) >= 11 is 1.37. The summed E-state index contributed by atoms with van der Waals surface area (Å²) in [6, 6.07) is 0. The summed E-state index contributed by atoms with van der Waals surface area (Å²) in [5.74, 6) is 0.129. The quantitative estimate of drug-likeness (QED) is 0.763. The third-order valence-electron chi connectivity index (χ3n) is 2.31. The Hall–Kier alpha value is -1.36. The minimum Gasteiger partial charge on any atom is -0.375 e. The van der Waals surface area contributed by atoms with Crippen LogP contribution in [0.1, 0.15) is 12.1 Å². The fraction of sp³-hybridized carbons (Fsp3) is 0.400. The second kappa shape index (κ2) is 4.44. The van der Waals surface area contributed by atoms with Crippen LogP contribution in [0, 0.1) is 0 Å². The van der Waals surface area contributed by atoms with Crippen molar-refractivity contribution in [3.63, 3.8) is 0 Å². The van der Waals surface area contributed by atoms with Gasteiger partial charge in [0.25, 0.3) is 0 Å². The predicted molar refractivity (Wildman–Crippen MR) is 60.6 cm³/mol. The lowest BCUT2D eigenvalue weighted by Crippen LogP contribution is -2.34. The molecule has 0 fully saturated rings. The molecule has 2 heterocycles. The van der Waals surface area contributed by atoms with Gasteiger partial charge in [0.15, 0.2) is 5.13 Å². The molecular formula is C10H13N3OS. The van der Waals surface area contributed by atoms with Gasteiger partial charge in [-0.3, -0.25) is 4.79 Å². The largest absolute Gasteiger partial charge is 0.375 e. The van der Waals surface area contributed by atoms with Gasteiger partial charge in [0, 0.05) is 18.5 Å². The Kier molecular flexibility index (Phi) is 3.01.